The Labute approximate surface area is 199 Å². The normalized spacial score (nSPS) is 24.0. The number of urea groups is 1. The summed E-state index contributed by atoms with van der Waals surface area (Å²) >= 11 is 0. The molecule has 1 saturated heterocycles. The molecule has 1 aliphatic carbocycles. The van der Waals surface area contributed by atoms with Gasteiger partial charge in [-0.15, -0.1) is 0 Å². The van der Waals surface area contributed by atoms with Crippen LogP contribution < -0.4 is 10.1 Å². The predicted molar refractivity (Wildman–Crippen MR) is 130 cm³/mol. The Balaban J connectivity index is 1.42. The summed E-state index contributed by atoms with van der Waals surface area (Å²) < 4.78 is 5.48. The van der Waals surface area contributed by atoms with Gasteiger partial charge in [-0.1, -0.05) is 30.3 Å². The Morgan fingerprint density at radius 1 is 1.15 bits per heavy atom. The Morgan fingerprint density at radius 2 is 1.94 bits per heavy atom. The van der Waals surface area contributed by atoms with E-state index in [1.165, 1.54) is 17.7 Å². The molecule has 2 fully saturated rings. The topological polar surface area (TPSA) is 77.7 Å². The van der Waals surface area contributed by atoms with E-state index in [4.69, 9.17) is 4.74 Å². The van der Waals surface area contributed by atoms with Crippen LogP contribution in [0.4, 0.5) is 4.79 Å². The number of aromatic amines is 1. The molecular formula is C27H30N4O3. The van der Waals surface area contributed by atoms with E-state index in [-0.39, 0.29) is 18.0 Å². The van der Waals surface area contributed by atoms with Crippen LogP contribution in [0.25, 0.3) is 10.9 Å². The Hall–Kier alpha value is -3.32. The standard InChI is InChI=1S/C27H30N4O3/c1-27-16-21-20-15-19(34-2)11-12-22(20)29-23(21)24(17-7-4-3-5-8-17)31(27)26(33)30(25(27)32)14-6-13-28-18-9-10-18/h3-5,7-8,11-12,15,18,24,28-29H,6,9-10,13-14,16H2,1-2H3/t24-,27+/m1/s1. The molecular weight excluding hydrogens is 428 g/mol. The number of fused-ring (bicyclic) bond motifs is 4. The minimum Gasteiger partial charge on any atom is -0.497 e. The van der Waals surface area contributed by atoms with Crippen molar-refractivity contribution in [1.82, 2.24) is 20.1 Å². The number of nitrogens with one attached hydrogen (secondary N) is 2. The van der Waals surface area contributed by atoms with E-state index < -0.39 is 5.54 Å². The van der Waals surface area contributed by atoms with Crippen LogP contribution in [0.1, 0.15) is 49.0 Å². The van der Waals surface area contributed by atoms with E-state index in [1.54, 1.807) is 7.11 Å². The van der Waals surface area contributed by atoms with Crippen molar-refractivity contribution in [1.29, 1.82) is 0 Å². The number of methoxy groups -OCH3 is 1. The average Bonchev–Trinajstić information content (AvgIpc) is 3.59. The highest BCUT2D eigenvalue weighted by Crippen LogP contribution is 2.49. The molecule has 0 spiro atoms. The van der Waals surface area contributed by atoms with Gasteiger partial charge in [-0.2, -0.15) is 0 Å². The van der Waals surface area contributed by atoms with E-state index in [0.717, 1.165) is 46.4 Å². The summed E-state index contributed by atoms with van der Waals surface area (Å²) in [7, 11) is 1.66. The van der Waals surface area contributed by atoms with E-state index in [9.17, 15) is 9.59 Å². The lowest BCUT2D eigenvalue weighted by atomic mass is 9.81. The molecule has 2 atom stereocenters. The van der Waals surface area contributed by atoms with Crippen molar-refractivity contribution >= 4 is 22.8 Å². The number of carbonyl (C=O) groups excluding carboxylic acids is 2. The second-order valence-electron chi connectivity index (χ2n) is 9.88. The maximum absolute atomic E-state index is 13.8. The summed E-state index contributed by atoms with van der Waals surface area (Å²) in [5, 5.41) is 4.52. The van der Waals surface area contributed by atoms with Crippen molar-refractivity contribution in [3.63, 3.8) is 0 Å². The number of benzene rings is 2. The third kappa shape index (κ3) is 3.21. The molecule has 2 aromatic carbocycles. The Morgan fingerprint density at radius 3 is 2.68 bits per heavy atom. The van der Waals surface area contributed by atoms with Crippen molar-refractivity contribution < 1.29 is 14.3 Å². The molecule has 34 heavy (non-hydrogen) atoms. The lowest BCUT2D eigenvalue weighted by molar-refractivity contribution is -0.133. The summed E-state index contributed by atoms with van der Waals surface area (Å²) in [6, 6.07) is 16.0. The van der Waals surface area contributed by atoms with Crippen molar-refractivity contribution in [3.8, 4) is 5.75 Å². The summed E-state index contributed by atoms with van der Waals surface area (Å²) in [6.45, 7) is 3.19. The van der Waals surface area contributed by atoms with Crippen LogP contribution in [0.3, 0.4) is 0 Å². The fourth-order valence-corrected chi connectivity index (χ4v) is 5.63. The molecule has 1 aromatic heterocycles. The van der Waals surface area contributed by atoms with Gasteiger partial charge in [0.25, 0.3) is 5.91 Å². The van der Waals surface area contributed by atoms with E-state index in [0.29, 0.717) is 19.0 Å². The third-order valence-corrected chi connectivity index (χ3v) is 7.56. The minimum atomic E-state index is -0.938. The van der Waals surface area contributed by atoms with Gasteiger partial charge in [0, 0.05) is 35.6 Å². The predicted octanol–water partition coefficient (Wildman–Crippen LogP) is 3.99. The zero-order valence-electron chi connectivity index (χ0n) is 19.6. The van der Waals surface area contributed by atoms with Gasteiger partial charge >= 0.3 is 6.03 Å². The Kier molecular flexibility index (Phi) is 4.92. The molecule has 0 unspecified atom stereocenters. The second-order valence-corrected chi connectivity index (χ2v) is 9.88. The van der Waals surface area contributed by atoms with E-state index >= 15 is 0 Å². The van der Waals surface area contributed by atoms with Gasteiger partial charge in [0.2, 0.25) is 0 Å². The molecule has 3 aliphatic rings. The molecule has 176 valence electrons. The average molecular weight is 459 g/mol. The van der Waals surface area contributed by atoms with Crippen LogP contribution in [0, 0.1) is 0 Å². The number of aromatic nitrogens is 1. The van der Waals surface area contributed by atoms with Crippen LogP contribution in [-0.4, -0.2) is 58.5 Å². The lowest BCUT2D eigenvalue weighted by Gasteiger charge is -2.42. The third-order valence-electron chi connectivity index (χ3n) is 7.56. The SMILES string of the molecule is COc1ccc2[nH]c3c(c2c1)C[C@@]1(C)C(=O)N(CCCNC2CC2)C(=O)N1[C@@H]3c1ccccc1. The van der Waals surface area contributed by atoms with Gasteiger partial charge in [-0.05, 0) is 62.1 Å². The van der Waals surface area contributed by atoms with Crippen molar-refractivity contribution in [2.24, 2.45) is 0 Å². The quantitative estimate of drug-likeness (QED) is 0.415. The maximum Gasteiger partial charge on any atom is 0.328 e. The molecule has 0 bridgehead atoms. The van der Waals surface area contributed by atoms with Gasteiger partial charge < -0.3 is 15.0 Å². The van der Waals surface area contributed by atoms with Gasteiger partial charge in [0.05, 0.1) is 7.11 Å². The zero-order valence-corrected chi connectivity index (χ0v) is 19.6. The molecule has 7 heteroatoms. The van der Waals surface area contributed by atoms with Crippen molar-refractivity contribution in [3.05, 3.63) is 65.4 Å². The highest BCUT2D eigenvalue weighted by molar-refractivity contribution is 6.08. The fraction of sp³-hybridized carbons (Fsp3) is 0.407. The highest BCUT2D eigenvalue weighted by atomic mass is 16.5. The minimum absolute atomic E-state index is 0.104. The first kappa shape index (κ1) is 21.2. The van der Waals surface area contributed by atoms with Crippen LogP contribution in [0.5, 0.6) is 5.75 Å². The summed E-state index contributed by atoms with van der Waals surface area (Å²) in [4.78, 5) is 34.4. The number of rotatable bonds is 7. The Bertz CT molecular complexity index is 1270. The number of H-pyrrole nitrogens is 1. The number of amides is 3. The number of imide groups is 1. The van der Waals surface area contributed by atoms with Crippen molar-refractivity contribution in [2.45, 2.75) is 50.2 Å². The number of carbonyl (C=O) groups is 2. The van der Waals surface area contributed by atoms with Crippen molar-refractivity contribution in [2.75, 3.05) is 20.2 Å². The lowest BCUT2D eigenvalue weighted by Crippen LogP contribution is -2.53. The van der Waals surface area contributed by atoms with Gasteiger partial charge in [0.1, 0.15) is 17.3 Å². The smallest absolute Gasteiger partial charge is 0.328 e. The van der Waals surface area contributed by atoms with Gasteiger partial charge in [0.15, 0.2) is 0 Å². The van der Waals surface area contributed by atoms with E-state index in [1.807, 2.05) is 60.4 Å². The molecule has 7 nitrogen and oxygen atoms in total. The number of ether oxygens (including phenoxy) is 1. The first-order valence-electron chi connectivity index (χ1n) is 12.1. The molecule has 2 aliphatic heterocycles. The number of hydrogen-bond acceptors (Lipinski definition) is 4. The summed E-state index contributed by atoms with van der Waals surface area (Å²) in [5.41, 5.74) is 3.10. The van der Waals surface area contributed by atoms with Crippen LogP contribution in [-0.2, 0) is 11.2 Å². The maximum atomic E-state index is 13.8. The fourth-order valence-electron chi connectivity index (χ4n) is 5.63. The van der Waals surface area contributed by atoms with Crippen LogP contribution >= 0.6 is 0 Å². The molecule has 2 N–H and O–H groups in total. The van der Waals surface area contributed by atoms with Gasteiger partial charge in [-0.3, -0.25) is 14.6 Å². The number of nitrogens with zero attached hydrogens (tertiary/aromatic N) is 2. The van der Waals surface area contributed by atoms with Crippen LogP contribution in [0.15, 0.2) is 48.5 Å². The second kappa shape index (κ2) is 7.87. The molecule has 6 rings (SSSR count). The monoisotopic (exact) mass is 458 g/mol. The molecule has 3 heterocycles. The zero-order chi connectivity index (χ0) is 23.4. The van der Waals surface area contributed by atoms with E-state index in [2.05, 4.69) is 10.3 Å². The first-order chi connectivity index (χ1) is 16.5. The highest BCUT2D eigenvalue weighted by Gasteiger charge is 2.59. The molecule has 0 radical (unpaired) electrons. The molecule has 1 saturated carbocycles. The number of hydrogen-bond donors (Lipinski definition) is 2. The largest absolute Gasteiger partial charge is 0.497 e. The van der Waals surface area contributed by atoms with Gasteiger partial charge in [-0.25, -0.2) is 4.79 Å². The summed E-state index contributed by atoms with van der Waals surface area (Å²) in [5.74, 6) is 0.671. The van der Waals surface area contributed by atoms with Crippen LogP contribution in [0.2, 0.25) is 0 Å². The molecule has 3 aromatic rings. The first-order valence-corrected chi connectivity index (χ1v) is 12.1. The summed E-state index contributed by atoms with van der Waals surface area (Å²) in [6.07, 6.45) is 3.69. The molecule has 3 amide bonds.